The van der Waals surface area contributed by atoms with Crippen LogP contribution in [0.5, 0.6) is 0 Å². The number of hydrogen-bond donors (Lipinski definition) is 0. The molecule has 2 rings (SSSR count). The molecule has 0 unspecified atom stereocenters. The van der Waals surface area contributed by atoms with E-state index in [2.05, 4.69) is 0 Å². The van der Waals surface area contributed by atoms with Crippen LogP contribution in [-0.4, -0.2) is 23.1 Å². The number of halogens is 3. The van der Waals surface area contributed by atoms with Crippen molar-refractivity contribution in [1.29, 1.82) is 0 Å². The SMILES string of the molecule is CC(C)(C)OC(=O)N(C/C=C\c1ccc(Cl)cc1)Cc1ccc(F)c(F)c1. The smallest absolute Gasteiger partial charge is 0.410 e. The molecule has 3 nitrogen and oxygen atoms in total. The number of benzene rings is 2. The van der Waals surface area contributed by atoms with E-state index < -0.39 is 23.3 Å². The summed E-state index contributed by atoms with van der Waals surface area (Å²) >= 11 is 5.86. The molecule has 2 aromatic carbocycles. The molecule has 27 heavy (non-hydrogen) atoms. The fourth-order valence-corrected chi connectivity index (χ4v) is 2.40. The number of rotatable bonds is 5. The van der Waals surface area contributed by atoms with Crippen molar-refractivity contribution in [1.82, 2.24) is 4.90 Å². The fraction of sp³-hybridized carbons (Fsp3) is 0.286. The Morgan fingerprint density at radius 1 is 1.11 bits per heavy atom. The molecule has 0 spiro atoms. The van der Waals surface area contributed by atoms with Crippen LogP contribution in [0.2, 0.25) is 5.02 Å². The van der Waals surface area contributed by atoms with E-state index in [-0.39, 0.29) is 13.1 Å². The number of nitrogens with zero attached hydrogens (tertiary/aromatic N) is 1. The molecular formula is C21H22ClF2NO2. The summed E-state index contributed by atoms with van der Waals surface area (Å²) in [5.41, 5.74) is 0.736. The first-order valence-electron chi connectivity index (χ1n) is 8.48. The molecule has 0 atom stereocenters. The van der Waals surface area contributed by atoms with E-state index in [9.17, 15) is 13.6 Å². The Kier molecular flexibility index (Phi) is 6.97. The monoisotopic (exact) mass is 393 g/mol. The lowest BCUT2D eigenvalue weighted by atomic mass is 10.2. The van der Waals surface area contributed by atoms with Gasteiger partial charge in [0, 0.05) is 18.1 Å². The van der Waals surface area contributed by atoms with Gasteiger partial charge in [0.25, 0.3) is 0 Å². The van der Waals surface area contributed by atoms with Crippen molar-refractivity contribution >= 4 is 23.8 Å². The van der Waals surface area contributed by atoms with Crippen molar-refractivity contribution in [3.05, 3.63) is 76.3 Å². The zero-order valence-electron chi connectivity index (χ0n) is 15.5. The van der Waals surface area contributed by atoms with Crippen molar-refractivity contribution in [3.63, 3.8) is 0 Å². The number of amides is 1. The third-order valence-corrected chi connectivity index (χ3v) is 3.77. The highest BCUT2D eigenvalue weighted by Gasteiger charge is 2.22. The Hall–Kier alpha value is -2.40. The Balaban J connectivity index is 2.14. The van der Waals surface area contributed by atoms with E-state index in [1.54, 1.807) is 39.0 Å². The molecule has 0 aromatic heterocycles. The molecule has 0 fully saturated rings. The van der Waals surface area contributed by atoms with Crippen molar-refractivity contribution < 1.29 is 18.3 Å². The van der Waals surface area contributed by atoms with Gasteiger partial charge in [0.05, 0.1) is 0 Å². The minimum Gasteiger partial charge on any atom is -0.444 e. The van der Waals surface area contributed by atoms with Crippen molar-refractivity contribution in [2.75, 3.05) is 6.54 Å². The highest BCUT2D eigenvalue weighted by Crippen LogP contribution is 2.16. The summed E-state index contributed by atoms with van der Waals surface area (Å²) in [6, 6.07) is 10.8. The van der Waals surface area contributed by atoms with Crippen molar-refractivity contribution in [2.45, 2.75) is 32.9 Å². The minimum atomic E-state index is -0.951. The van der Waals surface area contributed by atoms with Crippen molar-refractivity contribution in [2.24, 2.45) is 0 Å². The maximum atomic E-state index is 13.5. The average Bonchev–Trinajstić information content (AvgIpc) is 2.57. The molecule has 0 N–H and O–H groups in total. The largest absolute Gasteiger partial charge is 0.444 e. The maximum absolute atomic E-state index is 13.5. The number of carbonyl (C=O) groups excluding carboxylic acids is 1. The predicted octanol–water partition coefficient (Wildman–Crippen LogP) is 6.07. The second kappa shape index (κ2) is 9.00. The van der Waals surface area contributed by atoms with E-state index in [0.717, 1.165) is 17.7 Å². The third kappa shape index (κ3) is 7.02. The molecule has 0 aliphatic heterocycles. The molecule has 0 saturated heterocycles. The predicted molar refractivity (Wildman–Crippen MR) is 103 cm³/mol. The molecule has 0 aliphatic carbocycles. The van der Waals surface area contributed by atoms with Gasteiger partial charge in [-0.15, -0.1) is 0 Å². The topological polar surface area (TPSA) is 29.5 Å². The molecule has 0 radical (unpaired) electrons. The van der Waals surface area contributed by atoms with Gasteiger partial charge in [-0.05, 0) is 56.2 Å². The molecule has 0 heterocycles. The lowest BCUT2D eigenvalue weighted by Gasteiger charge is -2.26. The van der Waals surface area contributed by atoms with Gasteiger partial charge < -0.3 is 9.64 Å². The van der Waals surface area contributed by atoms with Crippen molar-refractivity contribution in [3.8, 4) is 0 Å². The van der Waals surface area contributed by atoms with Crippen LogP contribution in [-0.2, 0) is 11.3 Å². The molecule has 0 saturated carbocycles. The minimum absolute atomic E-state index is 0.0943. The highest BCUT2D eigenvalue weighted by molar-refractivity contribution is 6.30. The van der Waals surface area contributed by atoms with Crippen LogP contribution < -0.4 is 0 Å². The normalized spacial score (nSPS) is 11.6. The lowest BCUT2D eigenvalue weighted by molar-refractivity contribution is 0.0256. The summed E-state index contributed by atoms with van der Waals surface area (Å²) < 4.78 is 32.0. The molecule has 6 heteroatoms. The standard InChI is InChI=1S/C21H22ClF2NO2/c1-21(2,3)27-20(26)25(14-16-8-11-18(23)19(24)13-16)12-4-5-15-6-9-17(22)10-7-15/h4-11,13H,12,14H2,1-3H3/b5-4-. The summed E-state index contributed by atoms with van der Waals surface area (Å²) in [4.78, 5) is 13.9. The number of ether oxygens (including phenoxy) is 1. The van der Waals surface area contributed by atoms with Gasteiger partial charge in [-0.1, -0.05) is 42.0 Å². The van der Waals surface area contributed by atoms with Crippen LogP contribution in [0.25, 0.3) is 6.08 Å². The van der Waals surface area contributed by atoms with Gasteiger partial charge in [-0.25, -0.2) is 13.6 Å². The molecular weight excluding hydrogens is 372 g/mol. The highest BCUT2D eigenvalue weighted by atomic mass is 35.5. The van der Waals surface area contributed by atoms with Crippen LogP contribution in [0.3, 0.4) is 0 Å². The zero-order chi connectivity index (χ0) is 20.0. The van der Waals surface area contributed by atoms with Gasteiger partial charge in [-0.3, -0.25) is 0 Å². The van der Waals surface area contributed by atoms with E-state index in [1.807, 2.05) is 18.2 Å². The summed E-state index contributed by atoms with van der Waals surface area (Å²) in [5.74, 6) is -1.88. The molecule has 144 valence electrons. The van der Waals surface area contributed by atoms with Crippen LogP contribution >= 0.6 is 11.6 Å². The van der Waals surface area contributed by atoms with Crippen LogP contribution in [0.15, 0.2) is 48.5 Å². The van der Waals surface area contributed by atoms with E-state index in [0.29, 0.717) is 10.6 Å². The quantitative estimate of drug-likeness (QED) is 0.617. The first-order chi connectivity index (χ1) is 12.6. The molecule has 2 aromatic rings. The second-order valence-electron chi connectivity index (χ2n) is 7.06. The summed E-state index contributed by atoms with van der Waals surface area (Å²) in [6.45, 7) is 5.65. The van der Waals surface area contributed by atoms with Gasteiger partial charge in [-0.2, -0.15) is 0 Å². The number of hydrogen-bond acceptors (Lipinski definition) is 2. The second-order valence-corrected chi connectivity index (χ2v) is 7.50. The van der Waals surface area contributed by atoms with Gasteiger partial charge in [0.15, 0.2) is 11.6 Å². The molecule has 1 amide bonds. The number of carbonyl (C=O) groups is 1. The first-order valence-corrected chi connectivity index (χ1v) is 8.86. The average molecular weight is 394 g/mol. The van der Waals surface area contributed by atoms with E-state index in [4.69, 9.17) is 16.3 Å². The molecule has 0 aliphatic rings. The zero-order valence-corrected chi connectivity index (χ0v) is 16.3. The van der Waals surface area contributed by atoms with Crippen LogP contribution in [0, 0.1) is 11.6 Å². The Morgan fingerprint density at radius 2 is 1.78 bits per heavy atom. The summed E-state index contributed by atoms with van der Waals surface area (Å²) in [6.07, 6.45) is 3.11. The fourth-order valence-electron chi connectivity index (χ4n) is 2.28. The summed E-state index contributed by atoms with van der Waals surface area (Å²) in [7, 11) is 0. The van der Waals surface area contributed by atoms with Gasteiger partial charge in [0.2, 0.25) is 0 Å². The molecule has 0 bridgehead atoms. The van der Waals surface area contributed by atoms with E-state index in [1.165, 1.54) is 11.0 Å². The maximum Gasteiger partial charge on any atom is 0.410 e. The van der Waals surface area contributed by atoms with Crippen LogP contribution in [0.4, 0.5) is 13.6 Å². The van der Waals surface area contributed by atoms with Gasteiger partial charge in [0.1, 0.15) is 5.60 Å². The summed E-state index contributed by atoms with van der Waals surface area (Å²) in [5, 5.41) is 0.640. The van der Waals surface area contributed by atoms with Gasteiger partial charge >= 0.3 is 6.09 Å². The third-order valence-electron chi connectivity index (χ3n) is 3.52. The Morgan fingerprint density at radius 3 is 2.37 bits per heavy atom. The lowest BCUT2D eigenvalue weighted by Crippen LogP contribution is -2.36. The van der Waals surface area contributed by atoms with Crippen LogP contribution in [0.1, 0.15) is 31.9 Å². The van der Waals surface area contributed by atoms with E-state index >= 15 is 0 Å². The first kappa shape index (κ1) is 20.9. The Bertz CT molecular complexity index is 814. The Labute approximate surface area is 163 Å².